The SMILES string of the molecule is Cc1cccc(C)c1N1C(=O)c2ncccc2C1CCN1CCN(CC(=O)O)CC1. The molecule has 0 spiro atoms. The summed E-state index contributed by atoms with van der Waals surface area (Å²) in [6.07, 6.45) is 2.50. The predicted molar refractivity (Wildman–Crippen MR) is 115 cm³/mol. The molecule has 1 unspecified atom stereocenters. The molecular weight excluding hydrogens is 380 g/mol. The largest absolute Gasteiger partial charge is 0.480 e. The molecule has 0 bridgehead atoms. The molecule has 3 heterocycles. The number of benzene rings is 1. The Balaban J connectivity index is 1.53. The summed E-state index contributed by atoms with van der Waals surface area (Å²) >= 11 is 0. The van der Waals surface area contributed by atoms with Gasteiger partial charge >= 0.3 is 5.97 Å². The van der Waals surface area contributed by atoms with Gasteiger partial charge in [0, 0.05) is 44.5 Å². The van der Waals surface area contributed by atoms with E-state index in [1.807, 2.05) is 54.0 Å². The second-order valence-corrected chi connectivity index (χ2v) is 8.17. The van der Waals surface area contributed by atoms with Crippen LogP contribution in [0.2, 0.25) is 0 Å². The molecule has 30 heavy (non-hydrogen) atoms. The number of aliphatic carboxylic acids is 1. The average molecular weight is 409 g/mol. The molecule has 1 aromatic carbocycles. The Morgan fingerprint density at radius 1 is 1.07 bits per heavy atom. The number of aromatic nitrogens is 1. The van der Waals surface area contributed by atoms with E-state index in [2.05, 4.69) is 9.88 Å². The molecule has 1 atom stereocenters. The van der Waals surface area contributed by atoms with E-state index in [9.17, 15) is 9.59 Å². The molecule has 1 saturated heterocycles. The van der Waals surface area contributed by atoms with Crippen LogP contribution in [0, 0.1) is 13.8 Å². The second-order valence-electron chi connectivity index (χ2n) is 8.17. The highest BCUT2D eigenvalue weighted by Gasteiger charge is 2.39. The highest BCUT2D eigenvalue weighted by Crippen LogP contribution is 2.41. The van der Waals surface area contributed by atoms with Crippen LogP contribution in [0.15, 0.2) is 36.5 Å². The van der Waals surface area contributed by atoms with Crippen LogP contribution < -0.4 is 4.90 Å². The lowest BCUT2D eigenvalue weighted by molar-refractivity contribution is -0.138. The maximum absolute atomic E-state index is 13.3. The summed E-state index contributed by atoms with van der Waals surface area (Å²) in [7, 11) is 0. The molecule has 0 aliphatic carbocycles. The zero-order valence-corrected chi connectivity index (χ0v) is 17.5. The van der Waals surface area contributed by atoms with Crippen molar-refractivity contribution in [1.29, 1.82) is 0 Å². The number of pyridine rings is 1. The maximum atomic E-state index is 13.3. The fourth-order valence-corrected chi connectivity index (χ4v) is 4.65. The summed E-state index contributed by atoms with van der Waals surface area (Å²) in [6, 6.07) is 9.99. The van der Waals surface area contributed by atoms with E-state index in [0.29, 0.717) is 5.69 Å². The molecule has 1 amide bonds. The van der Waals surface area contributed by atoms with Gasteiger partial charge < -0.3 is 10.0 Å². The number of amides is 1. The molecule has 1 fully saturated rings. The third-order valence-electron chi connectivity index (χ3n) is 6.15. The Morgan fingerprint density at radius 2 is 1.73 bits per heavy atom. The van der Waals surface area contributed by atoms with E-state index in [1.165, 1.54) is 0 Å². The molecule has 7 heteroatoms. The number of carbonyl (C=O) groups excluding carboxylic acids is 1. The number of carboxylic acid groups (broad SMARTS) is 1. The van der Waals surface area contributed by atoms with E-state index in [0.717, 1.165) is 61.5 Å². The van der Waals surface area contributed by atoms with Crippen LogP contribution in [-0.2, 0) is 4.79 Å². The molecule has 158 valence electrons. The van der Waals surface area contributed by atoms with Gasteiger partial charge in [0.15, 0.2) is 0 Å². The summed E-state index contributed by atoms with van der Waals surface area (Å²) in [5.41, 5.74) is 4.70. The van der Waals surface area contributed by atoms with Gasteiger partial charge in [-0.3, -0.25) is 24.4 Å². The fraction of sp³-hybridized carbons (Fsp3) is 0.435. The van der Waals surface area contributed by atoms with Gasteiger partial charge in [-0.1, -0.05) is 24.3 Å². The summed E-state index contributed by atoms with van der Waals surface area (Å²) in [4.78, 5) is 34.9. The normalized spacial score (nSPS) is 19.9. The quantitative estimate of drug-likeness (QED) is 0.791. The number of hydrogen-bond acceptors (Lipinski definition) is 5. The van der Waals surface area contributed by atoms with Crippen molar-refractivity contribution >= 4 is 17.6 Å². The summed E-state index contributed by atoms with van der Waals surface area (Å²) in [5.74, 6) is -0.805. The number of aryl methyl sites for hydroxylation is 2. The summed E-state index contributed by atoms with van der Waals surface area (Å²) in [5, 5.41) is 8.98. The van der Waals surface area contributed by atoms with Crippen molar-refractivity contribution in [3.05, 3.63) is 58.9 Å². The third kappa shape index (κ3) is 3.95. The van der Waals surface area contributed by atoms with E-state index < -0.39 is 5.97 Å². The lowest BCUT2D eigenvalue weighted by Crippen LogP contribution is -2.48. The van der Waals surface area contributed by atoms with Crippen LogP contribution in [0.3, 0.4) is 0 Å². The first-order valence-corrected chi connectivity index (χ1v) is 10.5. The number of rotatable bonds is 6. The minimum Gasteiger partial charge on any atom is -0.480 e. The molecule has 2 aliphatic rings. The standard InChI is InChI=1S/C23H28N4O3/c1-16-5-3-6-17(2)22(16)27-19(18-7-4-9-24-21(18)23(27)30)8-10-25-11-13-26(14-12-25)15-20(28)29/h3-7,9,19H,8,10-15H2,1-2H3,(H,28,29). The zero-order chi connectivity index (χ0) is 21.3. The van der Waals surface area contributed by atoms with Crippen LogP contribution in [0.5, 0.6) is 0 Å². The van der Waals surface area contributed by atoms with Crippen molar-refractivity contribution in [2.45, 2.75) is 26.3 Å². The van der Waals surface area contributed by atoms with Crippen molar-refractivity contribution in [2.24, 2.45) is 0 Å². The highest BCUT2D eigenvalue weighted by atomic mass is 16.4. The van der Waals surface area contributed by atoms with Gasteiger partial charge in [0.2, 0.25) is 0 Å². The lowest BCUT2D eigenvalue weighted by atomic mass is 10.0. The van der Waals surface area contributed by atoms with Gasteiger partial charge in [-0.25, -0.2) is 0 Å². The average Bonchev–Trinajstić information content (AvgIpc) is 2.99. The number of hydrogen-bond donors (Lipinski definition) is 1. The topological polar surface area (TPSA) is 77.0 Å². The summed E-state index contributed by atoms with van der Waals surface area (Å²) in [6.45, 7) is 8.26. The van der Waals surface area contributed by atoms with Crippen LogP contribution >= 0.6 is 0 Å². The van der Waals surface area contributed by atoms with Crippen LogP contribution in [0.25, 0.3) is 0 Å². The molecule has 0 radical (unpaired) electrons. The predicted octanol–water partition coefficient (Wildman–Crippen LogP) is 2.49. The van der Waals surface area contributed by atoms with Gasteiger partial charge in [0.25, 0.3) is 5.91 Å². The molecule has 7 nitrogen and oxygen atoms in total. The van der Waals surface area contributed by atoms with Gasteiger partial charge in [-0.05, 0) is 37.5 Å². The number of fused-ring (bicyclic) bond motifs is 1. The first-order valence-electron chi connectivity index (χ1n) is 10.5. The Bertz CT molecular complexity index is 933. The third-order valence-corrected chi connectivity index (χ3v) is 6.15. The monoisotopic (exact) mass is 408 g/mol. The zero-order valence-electron chi connectivity index (χ0n) is 17.5. The Hall–Kier alpha value is -2.77. The van der Waals surface area contributed by atoms with E-state index in [4.69, 9.17) is 5.11 Å². The molecule has 4 rings (SSSR count). The minimum absolute atomic E-state index is 0.0284. The van der Waals surface area contributed by atoms with Crippen LogP contribution in [-0.4, -0.2) is 71.0 Å². The number of anilines is 1. The number of carbonyl (C=O) groups is 2. The maximum Gasteiger partial charge on any atom is 0.317 e. The fourth-order valence-electron chi connectivity index (χ4n) is 4.65. The summed E-state index contributed by atoms with van der Waals surface area (Å²) < 4.78 is 0. The van der Waals surface area contributed by atoms with Crippen molar-refractivity contribution in [3.63, 3.8) is 0 Å². The Kier molecular flexibility index (Phi) is 5.83. The molecule has 1 aromatic heterocycles. The van der Waals surface area contributed by atoms with Gasteiger partial charge in [-0.2, -0.15) is 0 Å². The Morgan fingerprint density at radius 3 is 2.40 bits per heavy atom. The van der Waals surface area contributed by atoms with E-state index >= 15 is 0 Å². The van der Waals surface area contributed by atoms with Crippen LogP contribution in [0.4, 0.5) is 5.69 Å². The molecule has 1 N–H and O–H groups in total. The first-order chi connectivity index (χ1) is 14.5. The molecule has 2 aliphatic heterocycles. The first kappa shape index (κ1) is 20.5. The van der Waals surface area contributed by atoms with Gasteiger partial charge in [0.1, 0.15) is 5.69 Å². The van der Waals surface area contributed by atoms with Crippen molar-refractivity contribution < 1.29 is 14.7 Å². The van der Waals surface area contributed by atoms with Crippen LogP contribution in [0.1, 0.15) is 39.6 Å². The number of carboxylic acids is 1. The van der Waals surface area contributed by atoms with E-state index in [1.54, 1.807) is 6.20 Å². The van der Waals surface area contributed by atoms with Gasteiger partial charge in [0.05, 0.1) is 18.3 Å². The molecular formula is C23H28N4O3. The van der Waals surface area contributed by atoms with E-state index in [-0.39, 0.29) is 18.5 Å². The molecule has 2 aromatic rings. The van der Waals surface area contributed by atoms with Crippen molar-refractivity contribution in [1.82, 2.24) is 14.8 Å². The smallest absolute Gasteiger partial charge is 0.317 e. The highest BCUT2D eigenvalue weighted by molar-refractivity contribution is 6.10. The molecule has 0 saturated carbocycles. The number of para-hydroxylation sites is 1. The lowest BCUT2D eigenvalue weighted by Gasteiger charge is -2.35. The van der Waals surface area contributed by atoms with Gasteiger partial charge in [-0.15, -0.1) is 0 Å². The number of nitrogens with zero attached hydrogens (tertiary/aromatic N) is 4. The number of piperazine rings is 1. The Labute approximate surface area is 176 Å². The van der Waals surface area contributed by atoms with Crippen molar-refractivity contribution in [2.75, 3.05) is 44.2 Å². The van der Waals surface area contributed by atoms with Crippen molar-refractivity contribution in [3.8, 4) is 0 Å². The minimum atomic E-state index is -0.777. The second kappa shape index (κ2) is 8.53.